The lowest BCUT2D eigenvalue weighted by atomic mass is 10.0. The van der Waals surface area contributed by atoms with Gasteiger partial charge in [-0.2, -0.15) is 0 Å². The molecule has 0 rings (SSSR count). The van der Waals surface area contributed by atoms with Gasteiger partial charge in [0.25, 0.3) is 0 Å². The predicted octanol–water partition coefficient (Wildman–Crippen LogP) is 3.16. The zero-order valence-corrected chi connectivity index (χ0v) is 6.65. The number of hydrogen-bond donors (Lipinski definition) is 0. The first kappa shape index (κ1) is 8.48. The molecule has 0 aromatic heterocycles. The average Bonchev–Trinajstić information content (AvgIpc) is 1.87. The molecule has 0 aliphatic carbocycles. The van der Waals surface area contributed by atoms with Gasteiger partial charge in [-0.3, -0.25) is 0 Å². The van der Waals surface area contributed by atoms with Crippen LogP contribution in [-0.4, -0.2) is 0 Å². The van der Waals surface area contributed by atoms with Gasteiger partial charge in [0.15, 0.2) is 0 Å². The summed E-state index contributed by atoms with van der Waals surface area (Å²) in [4.78, 5) is 0. The van der Waals surface area contributed by atoms with Crippen molar-refractivity contribution in [2.45, 2.75) is 27.2 Å². The Morgan fingerprint density at radius 3 is 2.56 bits per heavy atom. The molecule has 0 nitrogen and oxygen atoms in total. The molecular weight excluding hydrogens is 108 g/mol. The lowest BCUT2D eigenvalue weighted by molar-refractivity contribution is 0.855. The van der Waals surface area contributed by atoms with Gasteiger partial charge in [0.2, 0.25) is 0 Å². The minimum atomic E-state index is 0.546. The largest absolute Gasteiger partial charge is 0.102 e. The standard InChI is InChI=1S/C9H16/c1-5-7-9(4)8(3)6-2/h6-8H,2,5H2,1,3-4H3. The summed E-state index contributed by atoms with van der Waals surface area (Å²) in [6.45, 7) is 10.2. The van der Waals surface area contributed by atoms with Gasteiger partial charge in [-0.15, -0.1) is 6.58 Å². The van der Waals surface area contributed by atoms with Crippen molar-refractivity contribution in [3.63, 3.8) is 0 Å². The Morgan fingerprint density at radius 1 is 1.67 bits per heavy atom. The van der Waals surface area contributed by atoms with Crippen LogP contribution in [0.15, 0.2) is 24.3 Å². The summed E-state index contributed by atoms with van der Waals surface area (Å²) < 4.78 is 0. The van der Waals surface area contributed by atoms with Crippen LogP contribution < -0.4 is 0 Å². The highest BCUT2D eigenvalue weighted by Gasteiger charge is 1.94. The van der Waals surface area contributed by atoms with E-state index in [9.17, 15) is 0 Å². The summed E-state index contributed by atoms with van der Waals surface area (Å²) in [6.07, 6.45) is 5.35. The van der Waals surface area contributed by atoms with Gasteiger partial charge in [0, 0.05) is 0 Å². The Kier molecular flexibility index (Phi) is 4.12. The SMILES string of the molecule is C=CC(C)C(C)=CCC. The lowest BCUT2D eigenvalue weighted by Gasteiger charge is -2.03. The molecule has 0 fully saturated rings. The van der Waals surface area contributed by atoms with E-state index in [0.29, 0.717) is 5.92 Å². The van der Waals surface area contributed by atoms with Gasteiger partial charge in [0.05, 0.1) is 0 Å². The molecule has 0 bridgehead atoms. The molecule has 0 aliphatic rings. The third kappa shape index (κ3) is 3.12. The summed E-state index contributed by atoms with van der Waals surface area (Å²) in [7, 11) is 0. The first-order valence-corrected chi connectivity index (χ1v) is 3.51. The van der Waals surface area contributed by atoms with Gasteiger partial charge in [0.1, 0.15) is 0 Å². The third-order valence-electron chi connectivity index (χ3n) is 1.60. The molecule has 0 aromatic carbocycles. The zero-order valence-electron chi connectivity index (χ0n) is 6.65. The van der Waals surface area contributed by atoms with E-state index in [1.54, 1.807) is 0 Å². The summed E-state index contributed by atoms with van der Waals surface area (Å²) >= 11 is 0. The highest BCUT2D eigenvalue weighted by atomic mass is 14.0. The van der Waals surface area contributed by atoms with E-state index in [4.69, 9.17) is 0 Å². The molecule has 0 amide bonds. The molecule has 9 heavy (non-hydrogen) atoms. The molecule has 0 aromatic rings. The smallest absolute Gasteiger partial charge is 0.00571 e. The summed E-state index contributed by atoms with van der Waals surface area (Å²) in [5.41, 5.74) is 1.42. The van der Waals surface area contributed by atoms with Gasteiger partial charge in [-0.1, -0.05) is 31.6 Å². The van der Waals surface area contributed by atoms with Crippen molar-refractivity contribution in [3.8, 4) is 0 Å². The monoisotopic (exact) mass is 124 g/mol. The van der Waals surface area contributed by atoms with Crippen LogP contribution in [0.5, 0.6) is 0 Å². The molecular formula is C9H16. The van der Waals surface area contributed by atoms with Crippen LogP contribution in [0, 0.1) is 5.92 Å². The fraction of sp³-hybridized carbons (Fsp3) is 0.556. The van der Waals surface area contributed by atoms with Gasteiger partial charge in [-0.25, -0.2) is 0 Å². The fourth-order valence-electron chi connectivity index (χ4n) is 0.694. The van der Waals surface area contributed by atoms with Crippen LogP contribution in [0.25, 0.3) is 0 Å². The van der Waals surface area contributed by atoms with E-state index in [-0.39, 0.29) is 0 Å². The third-order valence-corrected chi connectivity index (χ3v) is 1.60. The minimum absolute atomic E-state index is 0.546. The second-order valence-corrected chi connectivity index (χ2v) is 2.38. The fourth-order valence-corrected chi connectivity index (χ4v) is 0.694. The van der Waals surface area contributed by atoms with Crippen LogP contribution in [0.1, 0.15) is 27.2 Å². The predicted molar refractivity (Wildman–Crippen MR) is 43.4 cm³/mol. The van der Waals surface area contributed by atoms with Gasteiger partial charge >= 0.3 is 0 Å². The Morgan fingerprint density at radius 2 is 2.22 bits per heavy atom. The van der Waals surface area contributed by atoms with E-state index in [1.165, 1.54) is 5.57 Å². The van der Waals surface area contributed by atoms with Crippen molar-refractivity contribution in [3.05, 3.63) is 24.3 Å². The summed E-state index contributed by atoms with van der Waals surface area (Å²) in [6, 6.07) is 0. The Labute approximate surface area is 58.3 Å². The van der Waals surface area contributed by atoms with Crippen LogP contribution in [0.3, 0.4) is 0 Å². The minimum Gasteiger partial charge on any atom is -0.102 e. The van der Waals surface area contributed by atoms with Gasteiger partial charge < -0.3 is 0 Å². The normalized spacial score (nSPS) is 15.2. The summed E-state index contributed by atoms with van der Waals surface area (Å²) in [5.74, 6) is 0.546. The summed E-state index contributed by atoms with van der Waals surface area (Å²) in [5, 5.41) is 0. The van der Waals surface area contributed by atoms with Crippen molar-refractivity contribution >= 4 is 0 Å². The Balaban J connectivity index is 3.84. The van der Waals surface area contributed by atoms with Crippen molar-refractivity contribution in [2.75, 3.05) is 0 Å². The van der Waals surface area contributed by atoms with Crippen molar-refractivity contribution in [1.82, 2.24) is 0 Å². The molecule has 0 saturated carbocycles. The van der Waals surface area contributed by atoms with Crippen LogP contribution in [0.2, 0.25) is 0 Å². The molecule has 52 valence electrons. The maximum Gasteiger partial charge on any atom is -0.00571 e. The molecule has 0 aliphatic heterocycles. The second kappa shape index (κ2) is 4.37. The number of allylic oxidation sites excluding steroid dienone is 3. The molecule has 0 saturated heterocycles. The van der Waals surface area contributed by atoms with E-state index in [0.717, 1.165) is 6.42 Å². The molecule has 0 radical (unpaired) electrons. The highest BCUT2D eigenvalue weighted by Crippen LogP contribution is 2.10. The zero-order chi connectivity index (χ0) is 7.28. The van der Waals surface area contributed by atoms with Crippen molar-refractivity contribution < 1.29 is 0 Å². The topological polar surface area (TPSA) is 0 Å². The molecule has 0 spiro atoms. The first-order chi connectivity index (χ1) is 4.22. The Bertz CT molecular complexity index is 109. The van der Waals surface area contributed by atoms with E-state index >= 15 is 0 Å². The van der Waals surface area contributed by atoms with Crippen LogP contribution >= 0.6 is 0 Å². The maximum absolute atomic E-state index is 3.72. The van der Waals surface area contributed by atoms with Crippen LogP contribution in [0.4, 0.5) is 0 Å². The highest BCUT2D eigenvalue weighted by molar-refractivity contribution is 5.07. The van der Waals surface area contributed by atoms with E-state index in [2.05, 4.69) is 33.4 Å². The molecule has 0 N–H and O–H groups in total. The van der Waals surface area contributed by atoms with Crippen molar-refractivity contribution in [2.24, 2.45) is 5.92 Å². The molecule has 1 atom stereocenters. The van der Waals surface area contributed by atoms with Crippen molar-refractivity contribution in [1.29, 1.82) is 0 Å². The maximum atomic E-state index is 3.72. The molecule has 0 heteroatoms. The van der Waals surface area contributed by atoms with Gasteiger partial charge in [-0.05, 0) is 19.3 Å². The quantitative estimate of drug-likeness (QED) is 0.507. The van der Waals surface area contributed by atoms with Crippen LogP contribution in [-0.2, 0) is 0 Å². The second-order valence-electron chi connectivity index (χ2n) is 2.38. The number of rotatable bonds is 3. The molecule has 1 unspecified atom stereocenters. The van der Waals surface area contributed by atoms with E-state index in [1.807, 2.05) is 6.08 Å². The molecule has 0 heterocycles. The Hall–Kier alpha value is -0.520. The first-order valence-electron chi connectivity index (χ1n) is 3.51. The average molecular weight is 124 g/mol. The number of hydrogen-bond acceptors (Lipinski definition) is 0. The van der Waals surface area contributed by atoms with E-state index < -0.39 is 0 Å². The lowest BCUT2D eigenvalue weighted by Crippen LogP contribution is -1.89.